The smallest absolute Gasteiger partial charge is 0.378 e. The van der Waals surface area contributed by atoms with Gasteiger partial charge in [0.15, 0.2) is 0 Å². The highest BCUT2D eigenvalue weighted by molar-refractivity contribution is 7.92. The molecule has 164 valence electrons. The predicted octanol–water partition coefficient (Wildman–Crippen LogP) is 2.57. The highest BCUT2D eigenvalue weighted by atomic mass is 32.2. The molecular formula is C17H25F3N4O4S. The number of alkyl halides is 3. The molecule has 29 heavy (non-hydrogen) atoms. The van der Waals surface area contributed by atoms with Crippen LogP contribution in [0.25, 0.3) is 0 Å². The lowest BCUT2D eigenvalue weighted by Gasteiger charge is -2.40. The Hall–Kier alpha value is -1.92. The van der Waals surface area contributed by atoms with Crippen molar-refractivity contribution in [2.24, 2.45) is 5.92 Å². The molecule has 0 saturated carbocycles. The maximum absolute atomic E-state index is 12.7. The largest absolute Gasteiger partial charge is 0.501 e. The van der Waals surface area contributed by atoms with Crippen molar-refractivity contribution in [3.63, 3.8) is 0 Å². The second-order valence-corrected chi connectivity index (χ2v) is 9.36. The van der Waals surface area contributed by atoms with Crippen LogP contribution in [-0.2, 0) is 9.84 Å². The number of piperazine rings is 1. The Morgan fingerprint density at radius 2 is 1.79 bits per heavy atom. The number of hydrogen-bond acceptors (Lipinski definition) is 7. The van der Waals surface area contributed by atoms with Gasteiger partial charge in [0.2, 0.25) is 0 Å². The number of likely N-dealkylation sites (N-methyl/N-ethyl adjacent to an activating group) is 1. The van der Waals surface area contributed by atoms with Gasteiger partial charge in [0.25, 0.3) is 15.5 Å². The number of rotatable bonds is 7. The van der Waals surface area contributed by atoms with Crippen molar-refractivity contribution in [1.29, 1.82) is 0 Å². The molecule has 0 spiro atoms. The summed E-state index contributed by atoms with van der Waals surface area (Å²) in [6.07, 6.45) is 0. The number of nitro benzene ring substituents is 1. The monoisotopic (exact) mass is 438 g/mol. The fourth-order valence-electron chi connectivity index (χ4n) is 3.27. The van der Waals surface area contributed by atoms with Crippen LogP contribution in [0.1, 0.15) is 13.8 Å². The van der Waals surface area contributed by atoms with Crippen molar-refractivity contribution in [2.45, 2.75) is 30.3 Å². The molecule has 0 radical (unpaired) electrons. The molecule has 0 unspecified atom stereocenters. The van der Waals surface area contributed by atoms with Crippen LogP contribution in [0.3, 0.4) is 0 Å². The summed E-state index contributed by atoms with van der Waals surface area (Å²) in [5, 5.41) is 14.3. The SMILES string of the molecule is CC(C)[C@H](CNc1ccc(S(=O)(=O)C(F)(F)F)cc1[N+](=O)[O-])N1CCN(C)CC1. The molecule has 1 fully saturated rings. The Morgan fingerprint density at radius 1 is 1.21 bits per heavy atom. The molecule has 12 heteroatoms. The van der Waals surface area contributed by atoms with Gasteiger partial charge in [-0.15, -0.1) is 0 Å². The topological polar surface area (TPSA) is 95.8 Å². The first-order valence-corrected chi connectivity index (χ1v) is 10.6. The number of anilines is 1. The average molecular weight is 438 g/mol. The van der Waals surface area contributed by atoms with Crippen molar-refractivity contribution in [1.82, 2.24) is 9.80 Å². The molecule has 1 saturated heterocycles. The minimum absolute atomic E-state index is 0.0177. The van der Waals surface area contributed by atoms with Gasteiger partial charge in [0.1, 0.15) is 5.69 Å². The Labute approximate surface area is 167 Å². The summed E-state index contributed by atoms with van der Waals surface area (Å²) in [4.78, 5) is 13.8. The third-order valence-electron chi connectivity index (χ3n) is 5.06. The number of sulfone groups is 1. The van der Waals surface area contributed by atoms with E-state index in [9.17, 15) is 31.7 Å². The first-order chi connectivity index (χ1) is 13.3. The maximum atomic E-state index is 12.7. The van der Waals surface area contributed by atoms with Crippen LogP contribution < -0.4 is 5.32 Å². The van der Waals surface area contributed by atoms with E-state index >= 15 is 0 Å². The number of nitrogens with zero attached hydrogens (tertiary/aromatic N) is 3. The third kappa shape index (κ3) is 5.37. The third-order valence-corrected chi connectivity index (χ3v) is 6.54. The van der Waals surface area contributed by atoms with Gasteiger partial charge in [-0.2, -0.15) is 13.2 Å². The molecule has 0 amide bonds. The van der Waals surface area contributed by atoms with Crippen molar-refractivity contribution in [3.05, 3.63) is 28.3 Å². The van der Waals surface area contributed by atoms with E-state index in [1.54, 1.807) is 0 Å². The van der Waals surface area contributed by atoms with E-state index in [2.05, 4.69) is 15.1 Å². The molecule has 1 N–H and O–H groups in total. The molecule has 0 aliphatic carbocycles. The normalized spacial score (nSPS) is 18.0. The maximum Gasteiger partial charge on any atom is 0.501 e. The lowest BCUT2D eigenvalue weighted by molar-refractivity contribution is -0.384. The van der Waals surface area contributed by atoms with Gasteiger partial charge in [-0.1, -0.05) is 13.8 Å². The first kappa shape index (κ1) is 23.4. The van der Waals surface area contributed by atoms with E-state index in [0.717, 1.165) is 38.3 Å². The average Bonchev–Trinajstić information content (AvgIpc) is 2.62. The molecule has 1 heterocycles. The molecule has 1 aliphatic heterocycles. The van der Waals surface area contributed by atoms with Gasteiger partial charge >= 0.3 is 5.51 Å². The Kier molecular flexibility index (Phi) is 7.12. The summed E-state index contributed by atoms with van der Waals surface area (Å²) < 4.78 is 61.3. The quantitative estimate of drug-likeness (QED) is 0.516. The fraction of sp³-hybridized carbons (Fsp3) is 0.647. The highest BCUT2D eigenvalue weighted by Crippen LogP contribution is 2.34. The number of nitro groups is 1. The summed E-state index contributed by atoms with van der Waals surface area (Å²) in [7, 11) is -3.63. The summed E-state index contributed by atoms with van der Waals surface area (Å²) in [5.74, 6) is 0.231. The van der Waals surface area contributed by atoms with Gasteiger partial charge in [0.05, 0.1) is 9.82 Å². The molecule has 0 bridgehead atoms. The number of halogens is 3. The van der Waals surface area contributed by atoms with Crippen LogP contribution in [-0.4, -0.2) is 74.5 Å². The molecule has 8 nitrogen and oxygen atoms in total. The van der Waals surface area contributed by atoms with E-state index in [4.69, 9.17) is 0 Å². The van der Waals surface area contributed by atoms with Crippen molar-refractivity contribution in [2.75, 3.05) is 45.1 Å². The van der Waals surface area contributed by atoms with Crippen LogP contribution in [0.4, 0.5) is 24.5 Å². The van der Waals surface area contributed by atoms with Crippen LogP contribution in [0.5, 0.6) is 0 Å². The number of nitrogens with one attached hydrogen (secondary N) is 1. The van der Waals surface area contributed by atoms with Gasteiger partial charge < -0.3 is 10.2 Å². The predicted molar refractivity (Wildman–Crippen MR) is 103 cm³/mol. The van der Waals surface area contributed by atoms with E-state index in [-0.39, 0.29) is 17.6 Å². The molecule has 1 aromatic carbocycles. The summed E-state index contributed by atoms with van der Waals surface area (Å²) >= 11 is 0. The minimum Gasteiger partial charge on any atom is -0.378 e. The van der Waals surface area contributed by atoms with Crippen LogP contribution in [0.15, 0.2) is 23.1 Å². The van der Waals surface area contributed by atoms with Crippen LogP contribution >= 0.6 is 0 Å². The highest BCUT2D eigenvalue weighted by Gasteiger charge is 2.47. The van der Waals surface area contributed by atoms with Gasteiger partial charge in [-0.3, -0.25) is 15.0 Å². The molecule has 1 atom stereocenters. The second-order valence-electron chi connectivity index (χ2n) is 7.42. The minimum atomic E-state index is -5.66. The summed E-state index contributed by atoms with van der Waals surface area (Å²) in [6.45, 7) is 7.86. The molecule has 0 aromatic heterocycles. The van der Waals surface area contributed by atoms with E-state index in [1.807, 2.05) is 20.9 Å². The van der Waals surface area contributed by atoms with Crippen LogP contribution in [0, 0.1) is 16.0 Å². The first-order valence-electron chi connectivity index (χ1n) is 9.11. The van der Waals surface area contributed by atoms with Gasteiger partial charge in [0, 0.05) is 44.8 Å². The van der Waals surface area contributed by atoms with E-state index in [1.165, 1.54) is 0 Å². The van der Waals surface area contributed by atoms with E-state index < -0.39 is 30.9 Å². The Balaban J connectivity index is 2.24. The summed E-state index contributed by atoms with van der Waals surface area (Å²) in [6, 6.07) is 2.25. The second kappa shape index (κ2) is 8.84. The number of benzene rings is 1. The standard InChI is InChI=1S/C17H25F3N4O4S/c1-12(2)16(23-8-6-22(3)7-9-23)11-21-14-5-4-13(10-15(14)24(25)26)29(27,28)17(18,19)20/h4-5,10,12,16,21H,6-9,11H2,1-3H3/t16-/m0/s1. The van der Waals surface area contributed by atoms with E-state index in [0.29, 0.717) is 12.6 Å². The molecular weight excluding hydrogens is 413 g/mol. The zero-order valence-corrected chi connectivity index (χ0v) is 17.3. The lowest BCUT2D eigenvalue weighted by atomic mass is 10.0. The van der Waals surface area contributed by atoms with Crippen molar-refractivity contribution in [3.8, 4) is 0 Å². The lowest BCUT2D eigenvalue weighted by Crippen LogP contribution is -2.52. The van der Waals surface area contributed by atoms with Crippen molar-refractivity contribution < 1.29 is 26.5 Å². The fourth-order valence-corrected chi connectivity index (χ4v) is 4.05. The zero-order chi connectivity index (χ0) is 22.0. The van der Waals surface area contributed by atoms with Crippen molar-refractivity contribution >= 4 is 21.2 Å². The Bertz CT molecular complexity index is 838. The van der Waals surface area contributed by atoms with Crippen LogP contribution in [0.2, 0.25) is 0 Å². The summed E-state index contributed by atoms with van der Waals surface area (Å²) in [5.41, 5.74) is -6.26. The zero-order valence-electron chi connectivity index (χ0n) is 16.4. The molecule has 2 rings (SSSR count). The molecule has 1 aromatic rings. The van der Waals surface area contributed by atoms with Gasteiger partial charge in [-0.05, 0) is 25.1 Å². The Morgan fingerprint density at radius 3 is 2.28 bits per heavy atom. The van der Waals surface area contributed by atoms with Gasteiger partial charge in [-0.25, -0.2) is 8.42 Å². The number of hydrogen-bond donors (Lipinski definition) is 1. The molecule has 1 aliphatic rings.